The van der Waals surface area contributed by atoms with Crippen LogP contribution in [0, 0.1) is 0 Å². The summed E-state index contributed by atoms with van der Waals surface area (Å²) in [7, 11) is 0. The third kappa shape index (κ3) is 3.49. The van der Waals surface area contributed by atoms with Crippen LogP contribution in [0.2, 0.25) is 0 Å². The van der Waals surface area contributed by atoms with Crippen LogP contribution in [0.3, 0.4) is 0 Å². The maximum absolute atomic E-state index is 12.7. The minimum absolute atomic E-state index is 0.147. The highest BCUT2D eigenvalue weighted by Gasteiger charge is 2.28. The zero-order chi connectivity index (χ0) is 17.8. The van der Waals surface area contributed by atoms with E-state index in [-0.39, 0.29) is 11.8 Å². The molecule has 0 aliphatic carbocycles. The van der Waals surface area contributed by atoms with E-state index in [1.165, 1.54) is 0 Å². The van der Waals surface area contributed by atoms with Gasteiger partial charge in [-0.15, -0.1) is 10.2 Å². The Morgan fingerprint density at radius 2 is 2.04 bits per heavy atom. The summed E-state index contributed by atoms with van der Waals surface area (Å²) in [6.45, 7) is 1.49. The standard InChI is InChI=1S/C20H21N5O/c26-19(12-16-6-4-10-21-13-16)24-11-5-7-17(14-24)20-23-22-15-25(20)18-8-2-1-3-9-18/h1-4,6,8-10,13,15,17H,5,7,11-12,14H2. The Balaban J connectivity index is 1.49. The Morgan fingerprint density at radius 3 is 2.85 bits per heavy atom. The molecule has 2 aromatic heterocycles. The molecule has 0 bridgehead atoms. The zero-order valence-electron chi connectivity index (χ0n) is 14.5. The van der Waals surface area contributed by atoms with E-state index in [1.807, 2.05) is 51.9 Å². The van der Waals surface area contributed by atoms with Gasteiger partial charge >= 0.3 is 0 Å². The van der Waals surface area contributed by atoms with Crippen molar-refractivity contribution in [2.45, 2.75) is 25.2 Å². The van der Waals surface area contributed by atoms with Crippen molar-refractivity contribution in [2.24, 2.45) is 0 Å². The van der Waals surface area contributed by atoms with Crippen LogP contribution in [0.25, 0.3) is 5.69 Å². The first-order valence-electron chi connectivity index (χ1n) is 8.93. The SMILES string of the molecule is O=C(Cc1cccnc1)N1CCCC(c2nncn2-c2ccccc2)C1. The van der Waals surface area contributed by atoms with Crippen molar-refractivity contribution in [3.8, 4) is 5.69 Å². The highest BCUT2D eigenvalue weighted by atomic mass is 16.2. The summed E-state index contributed by atoms with van der Waals surface area (Å²) >= 11 is 0. The predicted molar refractivity (Wildman–Crippen MR) is 97.9 cm³/mol. The largest absolute Gasteiger partial charge is 0.342 e. The summed E-state index contributed by atoms with van der Waals surface area (Å²) in [5, 5.41) is 8.47. The van der Waals surface area contributed by atoms with Crippen molar-refractivity contribution >= 4 is 5.91 Å². The monoisotopic (exact) mass is 347 g/mol. The number of aromatic nitrogens is 4. The van der Waals surface area contributed by atoms with Gasteiger partial charge < -0.3 is 4.90 Å². The second-order valence-electron chi connectivity index (χ2n) is 6.61. The number of pyridine rings is 1. The number of carbonyl (C=O) groups excluding carboxylic acids is 1. The summed E-state index contributed by atoms with van der Waals surface area (Å²) in [6.07, 6.45) is 7.62. The first-order valence-corrected chi connectivity index (χ1v) is 8.93. The van der Waals surface area contributed by atoms with E-state index in [2.05, 4.69) is 15.2 Å². The molecule has 6 nitrogen and oxygen atoms in total. The lowest BCUT2D eigenvalue weighted by Gasteiger charge is -2.32. The summed E-state index contributed by atoms with van der Waals surface area (Å²) in [5.41, 5.74) is 2.00. The number of piperidine rings is 1. The van der Waals surface area contributed by atoms with Gasteiger partial charge in [0.2, 0.25) is 5.91 Å². The lowest BCUT2D eigenvalue weighted by atomic mass is 9.96. The Kier molecular flexibility index (Phi) is 4.73. The minimum Gasteiger partial charge on any atom is -0.342 e. The number of benzene rings is 1. The molecule has 4 rings (SSSR count). The van der Waals surface area contributed by atoms with Gasteiger partial charge in [-0.2, -0.15) is 0 Å². The Labute approximate surface area is 152 Å². The number of rotatable bonds is 4. The van der Waals surface area contributed by atoms with E-state index in [1.54, 1.807) is 18.7 Å². The van der Waals surface area contributed by atoms with Gasteiger partial charge in [0.1, 0.15) is 12.2 Å². The minimum atomic E-state index is 0.147. The fourth-order valence-electron chi connectivity index (χ4n) is 3.51. The lowest BCUT2D eigenvalue weighted by Crippen LogP contribution is -2.40. The molecule has 0 spiro atoms. The van der Waals surface area contributed by atoms with Gasteiger partial charge in [0.25, 0.3) is 0 Å². The van der Waals surface area contributed by atoms with Crippen molar-refractivity contribution in [1.29, 1.82) is 0 Å². The van der Waals surface area contributed by atoms with E-state index in [4.69, 9.17) is 0 Å². The quantitative estimate of drug-likeness (QED) is 0.728. The maximum atomic E-state index is 12.7. The van der Waals surface area contributed by atoms with Gasteiger partial charge in [-0.1, -0.05) is 24.3 Å². The van der Waals surface area contributed by atoms with E-state index in [0.717, 1.165) is 36.5 Å². The van der Waals surface area contributed by atoms with Crippen LogP contribution in [-0.4, -0.2) is 43.6 Å². The zero-order valence-corrected chi connectivity index (χ0v) is 14.5. The van der Waals surface area contributed by atoms with Crippen LogP contribution < -0.4 is 0 Å². The second kappa shape index (κ2) is 7.47. The van der Waals surface area contributed by atoms with Gasteiger partial charge in [-0.3, -0.25) is 14.3 Å². The molecule has 1 fully saturated rings. The second-order valence-corrected chi connectivity index (χ2v) is 6.61. The van der Waals surface area contributed by atoms with Crippen LogP contribution in [0.1, 0.15) is 30.1 Å². The highest BCUT2D eigenvalue weighted by Crippen LogP contribution is 2.27. The van der Waals surface area contributed by atoms with E-state index < -0.39 is 0 Å². The molecule has 0 N–H and O–H groups in total. The fraction of sp³-hybridized carbons (Fsp3) is 0.300. The average Bonchev–Trinajstić information content (AvgIpc) is 3.19. The number of hydrogen-bond acceptors (Lipinski definition) is 4. The third-order valence-electron chi connectivity index (χ3n) is 4.83. The van der Waals surface area contributed by atoms with Crippen molar-refractivity contribution in [3.63, 3.8) is 0 Å². The molecule has 1 atom stereocenters. The molecule has 1 aromatic carbocycles. The maximum Gasteiger partial charge on any atom is 0.227 e. The number of hydrogen-bond donors (Lipinski definition) is 0. The van der Waals surface area contributed by atoms with Gasteiger partial charge in [-0.05, 0) is 36.6 Å². The van der Waals surface area contributed by atoms with Crippen LogP contribution >= 0.6 is 0 Å². The number of carbonyl (C=O) groups is 1. The Bertz CT molecular complexity index is 862. The van der Waals surface area contributed by atoms with Gasteiger partial charge in [0.15, 0.2) is 0 Å². The van der Waals surface area contributed by atoms with Crippen LogP contribution in [0.15, 0.2) is 61.2 Å². The van der Waals surface area contributed by atoms with Crippen molar-refractivity contribution in [2.75, 3.05) is 13.1 Å². The Morgan fingerprint density at radius 1 is 1.15 bits per heavy atom. The van der Waals surface area contributed by atoms with E-state index in [9.17, 15) is 4.79 Å². The molecule has 132 valence electrons. The number of likely N-dealkylation sites (tertiary alicyclic amines) is 1. The number of para-hydroxylation sites is 1. The van der Waals surface area contributed by atoms with Crippen LogP contribution in [0.4, 0.5) is 0 Å². The van der Waals surface area contributed by atoms with Crippen LogP contribution in [0.5, 0.6) is 0 Å². The summed E-state index contributed by atoms with van der Waals surface area (Å²) in [4.78, 5) is 18.7. The molecule has 1 aliphatic rings. The average molecular weight is 347 g/mol. The molecule has 1 unspecified atom stereocenters. The molecule has 1 saturated heterocycles. The number of amides is 1. The normalized spacial score (nSPS) is 17.2. The predicted octanol–water partition coefficient (Wildman–Crippen LogP) is 2.61. The van der Waals surface area contributed by atoms with Gasteiger partial charge in [0.05, 0.1) is 6.42 Å². The van der Waals surface area contributed by atoms with Gasteiger partial charge in [0, 0.05) is 37.1 Å². The highest BCUT2D eigenvalue weighted by molar-refractivity contribution is 5.78. The number of nitrogens with zero attached hydrogens (tertiary/aromatic N) is 5. The molecule has 1 amide bonds. The summed E-state index contributed by atoms with van der Waals surface area (Å²) in [5.74, 6) is 1.27. The van der Waals surface area contributed by atoms with Crippen LogP contribution in [-0.2, 0) is 11.2 Å². The summed E-state index contributed by atoms with van der Waals surface area (Å²) in [6, 6.07) is 13.9. The molecular formula is C20H21N5O. The third-order valence-corrected chi connectivity index (χ3v) is 4.83. The smallest absolute Gasteiger partial charge is 0.227 e. The van der Waals surface area contributed by atoms with Crippen molar-refractivity contribution in [3.05, 3.63) is 72.6 Å². The fourth-order valence-corrected chi connectivity index (χ4v) is 3.51. The molecule has 0 radical (unpaired) electrons. The molecule has 6 heteroatoms. The molecular weight excluding hydrogens is 326 g/mol. The van der Waals surface area contributed by atoms with Crippen molar-refractivity contribution in [1.82, 2.24) is 24.6 Å². The first kappa shape index (κ1) is 16.4. The van der Waals surface area contributed by atoms with E-state index >= 15 is 0 Å². The van der Waals surface area contributed by atoms with Gasteiger partial charge in [-0.25, -0.2) is 0 Å². The molecule has 0 saturated carbocycles. The summed E-state index contributed by atoms with van der Waals surface area (Å²) < 4.78 is 2.03. The Hall–Kier alpha value is -3.02. The topological polar surface area (TPSA) is 63.9 Å². The molecule has 26 heavy (non-hydrogen) atoms. The van der Waals surface area contributed by atoms with E-state index in [0.29, 0.717) is 13.0 Å². The lowest BCUT2D eigenvalue weighted by molar-refractivity contribution is -0.131. The molecule has 1 aliphatic heterocycles. The first-order chi connectivity index (χ1) is 12.8. The van der Waals surface area contributed by atoms with Crippen molar-refractivity contribution < 1.29 is 4.79 Å². The molecule has 3 heterocycles. The molecule has 3 aromatic rings.